The molecule has 1 aliphatic heterocycles. The van der Waals surface area contributed by atoms with Gasteiger partial charge in [-0.3, -0.25) is 14.4 Å². The lowest BCUT2D eigenvalue weighted by molar-refractivity contribution is 0.0600. The number of nitrogens with zero attached hydrogens (tertiary/aromatic N) is 3. The number of amides is 1. The lowest BCUT2D eigenvalue weighted by Gasteiger charge is -2.27. The first-order valence-electron chi connectivity index (χ1n) is 9.35. The minimum Gasteiger partial charge on any atom is -0.465 e. The van der Waals surface area contributed by atoms with Gasteiger partial charge in [-0.2, -0.15) is 5.10 Å². The number of hydrogen-bond acceptors (Lipinski definition) is 6. The predicted octanol–water partition coefficient (Wildman–Crippen LogP) is 3.50. The van der Waals surface area contributed by atoms with E-state index in [1.807, 2.05) is 18.2 Å². The fourth-order valence-electron chi connectivity index (χ4n) is 3.60. The lowest BCUT2D eigenvalue weighted by Crippen LogP contribution is -2.29. The van der Waals surface area contributed by atoms with Gasteiger partial charge in [-0.25, -0.2) is 4.79 Å². The predicted molar refractivity (Wildman–Crippen MR) is 118 cm³/mol. The average molecular weight is 447 g/mol. The van der Waals surface area contributed by atoms with Crippen LogP contribution in [0, 0.1) is 0 Å². The number of carbonyl (C=O) groups excluding carboxylic acids is 2. The van der Waals surface area contributed by atoms with Crippen LogP contribution in [0.2, 0.25) is 0 Å². The van der Waals surface area contributed by atoms with Gasteiger partial charge >= 0.3 is 5.97 Å². The van der Waals surface area contributed by atoms with Gasteiger partial charge < -0.3 is 10.1 Å². The first kappa shape index (κ1) is 22.0. The first-order chi connectivity index (χ1) is 14.1. The van der Waals surface area contributed by atoms with Crippen molar-refractivity contribution < 1.29 is 14.3 Å². The zero-order valence-corrected chi connectivity index (χ0v) is 18.4. The van der Waals surface area contributed by atoms with E-state index in [1.54, 1.807) is 19.3 Å². The van der Waals surface area contributed by atoms with Gasteiger partial charge in [0.25, 0.3) is 5.91 Å². The van der Waals surface area contributed by atoms with Gasteiger partial charge in [-0.1, -0.05) is 30.3 Å². The molecule has 0 atom stereocenters. The number of thiophene rings is 1. The van der Waals surface area contributed by atoms with Crippen molar-refractivity contribution in [1.29, 1.82) is 0 Å². The normalized spacial score (nSPS) is 13.3. The van der Waals surface area contributed by atoms with Gasteiger partial charge in [0, 0.05) is 37.8 Å². The average Bonchev–Trinajstić information content (AvgIpc) is 3.31. The Balaban J connectivity index is 0.00000256. The third-order valence-electron chi connectivity index (χ3n) is 5.06. The Morgan fingerprint density at radius 3 is 2.67 bits per heavy atom. The minimum absolute atomic E-state index is 0. The fraction of sp³-hybridized carbons (Fsp3) is 0.286. The number of nitrogens with one attached hydrogen (secondary N) is 1. The molecule has 1 amide bonds. The summed E-state index contributed by atoms with van der Waals surface area (Å²) in [6.45, 7) is 2.43. The maximum absolute atomic E-state index is 12.6. The van der Waals surface area contributed by atoms with Crippen LogP contribution in [0.25, 0.3) is 0 Å². The quantitative estimate of drug-likeness (QED) is 0.607. The van der Waals surface area contributed by atoms with E-state index < -0.39 is 5.97 Å². The van der Waals surface area contributed by atoms with Crippen molar-refractivity contribution in [2.24, 2.45) is 7.05 Å². The highest BCUT2D eigenvalue weighted by atomic mass is 35.5. The molecule has 158 valence electrons. The van der Waals surface area contributed by atoms with E-state index in [1.165, 1.54) is 28.7 Å². The zero-order chi connectivity index (χ0) is 20.4. The fourth-order valence-corrected chi connectivity index (χ4v) is 4.88. The molecule has 0 saturated carbocycles. The van der Waals surface area contributed by atoms with Gasteiger partial charge in [-0.15, -0.1) is 23.7 Å². The third kappa shape index (κ3) is 4.40. The molecule has 3 aromatic rings. The van der Waals surface area contributed by atoms with E-state index in [2.05, 4.69) is 27.4 Å². The Morgan fingerprint density at radius 1 is 1.23 bits per heavy atom. The summed E-state index contributed by atoms with van der Waals surface area (Å²) in [5.41, 5.74) is 3.14. The molecule has 0 unspecified atom stereocenters. The van der Waals surface area contributed by atoms with Gasteiger partial charge in [-0.05, 0) is 23.6 Å². The van der Waals surface area contributed by atoms with Crippen LogP contribution < -0.4 is 5.32 Å². The Hall–Kier alpha value is -2.68. The maximum Gasteiger partial charge on any atom is 0.341 e. The van der Waals surface area contributed by atoms with Crippen molar-refractivity contribution in [2.45, 2.75) is 19.5 Å². The van der Waals surface area contributed by atoms with Crippen LogP contribution in [0.15, 0.2) is 42.6 Å². The Morgan fingerprint density at radius 2 is 2.00 bits per heavy atom. The molecule has 30 heavy (non-hydrogen) atoms. The number of fused-ring (bicyclic) bond motifs is 1. The highest BCUT2D eigenvalue weighted by Crippen LogP contribution is 2.38. The number of ether oxygens (including phenoxy) is 1. The van der Waals surface area contributed by atoms with Crippen molar-refractivity contribution in [1.82, 2.24) is 14.7 Å². The van der Waals surface area contributed by atoms with Crippen LogP contribution in [0.1, 0.15) is 36.9 Å². The number of aryl methyl sites for hydroxylation is 1. The number of anilines is 1. The Bertz CT molecular complexity index is 1050. The summed E-state index contributed by atoms with van der Waals surface area (Å²) in [5, 5.41) is 7.46. The second-order valence-electron chi connectivity index (χ2n) is 6.94. The molecule has 1 aromatic carbocycles. The second kappa shape index (κ2) is 9.42. The highest BCUT2D eigenvalue weighted by Gasteiger charge is 2.29. The number of methoxy groups -OCH3 is 1. The first-order valence-corrected chi connectivity index (χ1v) is 10.2. The molecule has 0 fully saturated rings. The molecule has 0 spiro atoms. The molecule has 0 radical (unpaired) electrons. The standard InChI is InChI=1S/C21H22N4O3S.ClH/c1-24-16(8-10-22-24)19(26)23-20-18(21(27)28-2)15-9-11-25(13-17(15)29-20)12-14-6-4-3-5-7-14;/h3-8,10H,9,11-13H2,1-2H3,(H,23,26);1H. The smallest absolute Gasteiger partial charge is 0.341 e. The molecule has 1 aliphatic rings. The summed E-state index contributed by atoms with van der Waals surface area (Å²) in [6, 6.07) is 12.0. The monoisotopic (exact) mass is 446 g/mol. The summed E-state index contributed by atoms with van der Waals surface area (Å²) in [6.07, 6.45) is 2.31. The Kier molecular flexibility index (Phi) is 6.91. The zero-order valence-electron chi connectivity index (χ0n) is 16.8. The SMILES string of the molecule is COC(=O)c1c(NC(=O)c2ccnn2C)sc2c1CCN(Cc1ccccc1)C2.Cl. The van der Waals surface area contributed by atoms with Crippen LogP contribution >= 0.6 is 23.7 Å². The summed E-state index contributed by atoms with van der Waals surface area (Å²) in [5.74, 6) is -0.714. The number of hydrogen-bond donors (Lipinski definition) is 1. The summed E-state index contributed by atoms with van der Waals surface area (Å²) in [7, 11) is 3.07. The number of esters is 1. The molecule has 1 N–H and O–H groups in total. The van der Waals surface area contributed by atoms with E-state index in [-0.39, 0.29) is 18.3 Å². The van der Waals surface area contributed by atoms with Crippen molar-refractivity contribution in [3.8, 4) is 0 Å². The molecule has 4 rings (SSSR count). The van der Waals surface area contributed by atoms with Gasteiger partial charge in [0.05, 0.1) is 12.7 Å². The molecular formula is C21H23ClN4O3S. The van der Waals surface area contributed by atoms with Crippen LogP contribution in [0.3, 0.4) is 0 Å². The molecule has 2 aromatic heterocycles. The van der Waals surface area contributed by atoms with E-state index in [4.69, 9.17) is 4.74 Å². The second-order valence-corrected chi connectivity index (χ2v) is 8.05. The number of rotatable bonds is 5. The molecule has 7 nitrogen and oxygen atoms in total. The summed E-state index contributed by atoms with van der Waals surface area (Å²) in [4.78, 5) is 28.6. The van der Waals surface area contributed by atoms with Crippen molar-refractivity contribution in [2.75, 3.05) is 19.0 Å². The van der Waals surface area contributed by atoms with Gasteiger partial charge in [0.1, 0.15) is 10.7 Å². The van der Waals surface area contributed by atoms with E-state index in [9.17, 15) is 9.59 Å². The van der Waals surface area contributed by atoms with Crippen molar-refractivity contribution in [3.05, 3.63) is 69.9 Å². The van der Waals surface area contributed by atoms with E-state index in [0.29, 0.717) is 16.3 Å². The number of halogens is 1. The molecule has 0 saturated heterocycles. The third-order valence-corrected chi connectivity index (χ3v) is 6.19. The number of benzene rings is 1. The van der Waals surface area contributed by atoms with Gasteiger partial charge in [0.2, 0.25) is 0 Å². The van der Waals surface area contributed by atoms with Crippen LogP contribution in [-0.4, -0.2) is 40.2 Å². The molecule has 9 heteroatoms. The van der Waals surface area contributed by atoms with Crippen molar-refractivity contribution >= 4 is 40.6 Å². The summed E-state index contributed by atoms with van der Waals surface area (Å²) >= 11 is 1.45. The molecular weight excluding hydrogens is 424 g/mol. The lowest BCUT2D eigenvalue weighted by atomic mass is 10.0. The molecule has 0 bridgehead atoms. The molecule has 3 heterocycles. The molecule has 0 aliphatic carbocycles. The van der Waals surface area contributed by atoms with Gasteiger partial charge in [0.15, 0.2) is 0 Å². The van der Waals surface area contributed by atoms with Crippen molar-refractivity contribution in [3.63, 3.8) is 0 Å². The van der Waals surface area contributed by atoms with E-state index in [0.717, 1.165) is 36.5 Å². The van der Waals surface area contributed by atoms with Crippen LogP contribution in [-0.2, 0) is 31.3 Å². The van der Waals surface area contributed by atoms with E-state index >= 15 is 0 Å². The topological polar surface area (TPSA) is 76.5 Å². The number of aromatic nitrogens is 2. The summed E-state index contributed by atoms with van der Waals surface area (Å²) < 4.78 is 6.51. The van der Waals surface area contributed by atoms with Crippen LogP contribution in [0.4, 0.5) is 5.00 Å². The largest absolute Gasteiger partial charge is 0.465 e. The highest BCUT2D eigenvalue weighted by molar-refractivity contribution is 7.17. The van der Waals surface area contributed by atoms with Crippen LogP contribution in [0.5, 0.6) is 0 Å². The minimum atomic E-state index is -0.417. The Labute approximate surface area is 185 Å². The number of carbonyl (C=O) groups is 2. The maximum atomic E-state index is 12.6.